The molecule has 0 N–H and O–H groups in total. The van der Waals surface area contributed by atoms with Gasteiger partial charge in [-0.15, -0.1) is 0 Å². The summed E-state index contributed by atoms with van der Waals surface area (Å²) in [7, 11) is 1.25. The van der Waals surface area contributed by atoms with Crippen LogP contribution in [0.15, 0.2) is 64.8 Å². The fraction of sp³-hybridized carbons (Fsp3) is 0.500. The van der Waals surface area contributed by atoms with Crippen LogP contribution in [0.1, 0.15) is 69.4 Å². The number of esters is 2. The molecule has 2 aromatic carbocycles. The van der Waals surface area contributed by atoms with Crippen molar-refractivity contribution < 1.29 is 38.2 Å². The molecule has 1 aliphatic heterocycles. The van der Waals surface area contributed by atoms with Crippen LogP contribution in [0, 0.1) is 16.0 Å². The highest BCUT2D eigenvalue weighted by molar-refractivity contribution is 6.07. The number of hydrogen-bond acceptors (Lipinski definition) is 10. The van der Waals surface area contributed by atoms with Crippen LogP contribution in [0.5, 0.6) is 5.75 Å². The first-order valence-electron chi connectivity index (χ1n) is 15.4. The third-order valence-electron chi connectivity index (χ3n) is 8.13. The molecule has 11 nitrogen and oxygen atoms in total. The first-order chi connectivity index (χ1) is 21.8. The predicted molar refractivity (Wildman–Crippen MR) is 167 cm³/mol. The van der Waals surface area contributed by atoms with Crippen LogP contribution in [-0.4, -0.2) is 62.4 Å². The number of rotatable bonds is 15. The second-order valence-corrected chi connectivity index (χ2v) is 11.3. The maximum Gasteiger partial charge on any atom is 0.336 e. The fourth-order valence-electron chi connectivity index (χ4n) is 5.80. The van der Waals surface area contributed by atoms with Crippen molar-refractivity contribution in [1.29, 1.82) is 0 Å². The lowest BCUT2D eigenvalue weighted by molar-refractivity contribution is -0.384. The summed E-state index contributed by atoms with van der Waals surface area (Å²) in [6.07, 6.45) is 7.57. The van der Waals surface area contributed by atoms with Crippen molar-refractivity contribution in [3.63, 3.8) is 0 Å². The summed E-state index contributed by atoms with van der Waals surface area (Å²) in [6.45, 7) is 4.64. The Morgan fingerprint density at radius 2 is 1.76 bits per heavy atom. The maximum absolute atomic E-state index is 13.4. The van der Waals surface area contributed by atoms with Crippen molar-refractivity contribution in [1.82, 2.24) is 0 Å². The smallest absolute Gasteiger partial charge is 0.336 e. The van der Waals surface area contributed by atoms with E-state index in [-0.39, 0.29) is 17.9 Å². The highest BCUT2D eigenvalue weighted by Gasteiger charge is 2.42. The van der Waals surface area contributed by atoms with Gasteiger partial charge in [-0.2, -0.15) is 0 Å². The number of hydrogen-bond donors (Lipinski definition) is 0. The van der Waals surface area contributed by atoms with Gasteiger partial charge >= 0.3 is 11.9 Å². The third kappa shape index (κ3) is 9.45. The summed E-state index contributed by atoms with van der Waals surface area (Å²) in [6, 6.07) is 13.7. The normalized spacial score (nSPS) is 18.7. The molecule has 11 heteroatoms. The molecule has 1 heterocycles. The number of nitro benzene ring substituents is 1. The van der Waals surface area contributed by atoms with Gasteiger partial charge in [0.2, 0.25) is 0 Å². The fourth-order valence-corrected chi connectivity index (χ4v) is 5.80. The molecule has 0 bridgehead atoms. The maximum atomic E-state index is 13.4. The lowest BCUT2D eigenvalue weighted by Crippen LogP contribution is -2.36. The molecule has 1 unspecified atom stereocenters. The van der Waals surface area contributed by atoms with Gasteiger partial charge in [-0.1, -0.05) is 43.5 Å². The zero-order valence-corrected chi connectivity index (χ0v) is 26.2. The van der Waals surface area contributed by atoms with E-state index in [4.69, 9.17) is 23.7 Å². The first-order valence-corrected chi connectivity index (χ1v) is 15.4. The molecular formula is C34H42N2O9. The number of nitrogens with zero attached hydrogens (tertiary/aromatic N) is 2. The molecule has 45 heavy (non-hydrogen) atoms. The molecule has 242 valence electrons. The van der Waals surface area contributed by atoms with Crippen LogP contribution in [0.2, 0.25) is 0 Å². The standard InChI is InChI=1S/C34H42N2O9/c1-23-30(33(37)41-3)32(26-9-7-10-27(21-26)36(39)40)31(24(2)35-23)34(38)44-19-8-18-43-29-15-13-25(14-16-29)17-20-42-22-45-28-11-5-4-6-12-28/h7,9-10,13-16,21,28,30,32H,4-6,8,11-12,17-20,22H2,1-3H3/t30?,32-/m0/s1. The van der Waals surface area contributed by atoms with Gasteiger partial charge in [0, 0.05) is 35.9 Å². The number of non-ortho nitro benzene ring substituents is 1. The number of methoxy groups -OCH3 is 1. The lowest BCUT2D eigenvalue weighted by Gasteiger charge is -2.31. The molecular weight excluding hydrogens is 580 g/mol. The Kier molecular flexibility index (Phi) is 12.6. The van der Waals surface area contributed by atoms with E-state index >= 15 is 0 Å². The Balaban J connectivity index is 1.26. The van der Waals surface area contributed by atoms with Crippen molar-refractivity contribution in [2.24, 2.45) is 10.9 Å². The van der Waals surface area contributed by atoms with Crippen LogP contribution in [0.4, 0.5) is 5.69 Å². The van der Waals surface area contributed by atoms with Crippen molar-refractivity contribution in [3.8, 4) is 5.75 Å². The number of ether oxygens (including phenoxy) is 5. The number of carbonyl (C=O) groups is 2. The van der Waals surface area contributed by atoms with Crippen LogP contribution in [0.25, 0.3) is 0 Å². The monoisotopic (exact) mass is 622 g/mol. The summed E-state index contributed by atoms with van der Waals surface area (Å²) in [5, 5.41) is 11.4. The van der Waals surface area contributed by atoms with Gasteiger partial charge in [0.05, 0.1) is 43.5 Å². The van der Waals surface area contributed by atoms with Gasteiger partial charge in [-0.3, -0.25) is 19.9 Å². The molecule has 4 rings (SSSR count). The molecule has 2 atom stereocenters. The second kappa shape index (κ2) is 16.8. The van der Waals surface area contributed by atoms with Crippen LogP contribution >= 0.6 is 0 Å². The number of nitro groups is 1. The minimum Gasteiger partial charge on any atom is -0.493 e. The van der Waals surface area contributed by atoms with E-state index in [0.717, 1.165) is 24.8 Å². The molecule has 2 aromatic rings. The number of benzene rings is 2. The molecule has 1 fully saturated rings. The first kappa shape index (κ1) is 33.8. The van der Waals surface area contributed by atoms with Gasteiger partial charge in [-0.25, -0.2) is 4.79 Å². The van der Waals surface area contributed by atoms with Crippen molar-refractivity contribution in [2.75, 3.05) is 33.7 Å². The summed E-state index contributed by atoms with van der Waals surface area (Å²) in [5.41, 5.74) is 2.39. The number of carbonyl (C=O) groups excluding carboxylic acids is 2. The second-order valence-electron chi connectivity index (χ2n) is 11.3. The van der Waals surface area contributed by atoms with E-state index in [2.05, 4.69) is 4.99 Å². The SMILES string of the molecule is COC(=O)C1C(C)=NC(C)=C(C(=O)OCCCOc2ccc(CCOCOC3CCCCC3)cc2)[C@H]1c1cccc([N+](=O)[O-])c1. The van der Waals surface area contributed by atoms with Gasteiger partial charge in [0.15, 0.2) is 0 Å². The summed E-state index contributed by atoms with van der Waals surface area (Å²) >= 11 is 0. The zero-order valence-electron chi connectivity index (χ0n) is 26.2. The zero-order chi connectivity index (χ0) is 32.2. The molecule has 1 saturated carbocycles. The minimum absolute atomic E-state index is 0.0706. The third-order valence-corrected chi connectivity index (χ3v) is 8.13. The highest BCUT2D eigenvalue weighted by atomic mass is 16.7. The van der Waals surface area contributed by atoms with Crippen LogP contribution < -0.4 is 4.74 Å². The number of allylic oxidation sites excluding steroid dienone is 1. The minimum atomic E-state index is -0.934. The quantitative estimate of drug-likeness (QED) is 0.0759. The molecule has 2 aliphatic rings. The molecule has 0 saturated heterocycles. The summed E-state index contributed by atoms with van der Waals surface area (Å²) in [5.74, 6) is -2.33. The molecule has 1 aliphatic carbocycles. The Morgan fingerprint density at radius 3 is 2.47 bits per heavy atom. The Morgan fingerprint density at radius 1 is 1.00 bits per heavy atom. The molecule has 0 aromatic heterocycles. The van der Waals surface area contributed by atoms with Crippen molar-refractivity contribution >= 4 is 23.3 Å². The Labute approximate surface area is 263 Å². The average Bonchev–Trinajstić information content (AvgIpc) is 3.04. The van der Waals surface area contributed by atoms with Gasteiger partial charge in [0.25, 0.3) is 5.69 Å². The van der Waals surface area contributed by atoms with Gasteiger partial charge in [-0.05, 0) is 56.4 Å². The largest absolute Gasteiger partial charge is 0.493 e. The Bertz CT molecular complexity index is 1380. The van der Waals surface area contributed by atoms with Gasteiger partial charge < -0.3 is 23.7 Å². The van der Waals surface area contributed by atoms with Gasteiger partial charge in [0.1, 0.15) is 18.5 Å². The summed E-state index contributed by atoms with van der Waals surface area (Å²) < 4.78 is 27.9. The molecule has 0 amide bonds. The van der Waals surface area contributed by atoms with E-state index in [0.29, 0.717) is 55.3 Å². The number of aliphatic imine (C=N–C) groups is 1. The predicted octanol–water partition coefficient (Wildman–Crippen LogP) is 6.09. The van der Waals surface area contributed by atoms with E-state index in [1.807, 2.05) is 24.3 Å². The summed E-state index contributed by atoms with van der Waals surface area (Å²) in [4.78, 5) is 41.5. The van der Waals surface area contributed by atoms with E-state index in [9.17, 15) is 19.7 Å². The van der Waals surface area contributed by atoms with E-state index in [1.165, 1.54) is 44.6 Å². The van der Waals surface area contributed by atoms with Crippen molar-refractivity contribution in [2.45, 2.75) is 70.8 Å². The van der Waals surface area contributed by atoms with Crippen LogP contribution in [-0.2, 0) is 35.0 Å². The van der Waals surface area contributed by atoms with E-state index < -0.39 is 28.7 Å². The molecule has 0 radical (unpaired) electrons. The van der Waals surface area contributed by atoms with Crippen molar-refractivity contribution in [3.05, 3.63) is 81.0 Å². The lowest BCUT2D eigenvalue weighted by atomic mass is 9.75. The highest BCUT2D eigenvalue weighted by Crippen LogP contribution is 2.41. The van der Waals surface area contributed by atoms with E-state index in [1.54, 1.807) is 19.9 Å². The Hall–Kier alpha value is -4.09. The topological polar surface area (TPSA) is 136 Å². The van der Waals surface area contributed by atoms with Crippen LogP contribution in [0.3, 0.4) is 0 Å². The molecule has 0 spiro atoms. The average molecular weight is 623 g/mol.